The van der Waals surface area contributed by atoms with Crippen LogP contribution in [0, 0.1) is 12.8 Å². The van der Waals surface area contributed by atoms with Gasteiger partial charge in [0.05, 0.1) is 6.20 Å². The second-order valence-corrected chi connectivity index (χ2v) is 5.62. The molecule has 19 heavy (non-hydrogen) atoms. The first kappa shape index (κ1) is 12.4. The molecule has 102 valence electrons. The van der Waals surface area contributed by atoms with Crippen molar-refractivity contribution in [3.63, 3.8) is 0 Å². The maximum Gasteiger partial charge on any atom is 0.108 e. The van der Waals surface area contributed by atoms with E-state index in [0.717, 1.165) is 32.0 Å². The quantitative estimate of drug-likeness (QED) is 0.907. The molecule has 1 aliphatic rings. The lowest BCUT2D eigenvalue weighted by atomic mass is 9.99. The average Bonchev–Trinajstić information content (AvgIpc) is 2.98. The first-order valence-electron chi connectivity index (χ1n) is 6.90. The highest BCUT2D eigenvalue weighted by molar-refractivity contribution is 5.13. The maximum absolute atomic E-state index is 4.38. The van der Waals surface area contributed by atoms with E-state index in [1.54, 1.807) is 0 Å². The molecular weight excluding hydrogens is 238 g/mol. The minimum atomic E-state index is 0.721. The number of H-pyrrole nitrogens is 1. The van der Waals surface area contributed by atoms with Crippen LogP contribution in [0.3, 0.4) is 0 Å². The van der Waals surface area contributed by atoms with E-state index >= 15 is 0 Å². The Morgan fingerprint density at radius 1 is 1.53 bits per heavy atom. The third-order valence-electron chi connectivity index (χ3n) is 3.98. The van der Waals surface area contributed by atoms with Crippen LogP contribution in [0.25, 0.3) is 0 Å². The van der Waals surface area contributed by atoms with Crippen LogP contribution in [-0.4, -0.2) is 38.2 Å². The fourth-order valence-corrected chi connectivity index (χ4v) is 2.92. The normalized spacial score (nSPS) is 18.8. The van der Waals surface area contributed by atoms with Crippen LogP contribution in [0.15, 0.2) is 18.6 Å². The van der Waals surface area contributed by atoms with Crippen molar-refractivity contribution >= 4 is 0 Å². The Hall–Kier alpha value is -1.62. The largest absolute Gasteiger partial charge is 0.335 e. The molecule has 0 saturated heterocycles. The first-order chi connectivity index (χ1) is 9.22. The van der Waals surface area contributed by atoms with Crippen LogP contribution >= 0.6 is 0 Å². The van der Waals surface area contributed by atoms with Crippen molar-refractivity contribution in [2.24, 2.45) is 5.92 Å². The average molecular weight is 259 g/mol. The molecule has 1 atom stereocenters. The third kappa shape index (κ3) is 2.71. The number of nitrogens with one attached hydrogen (secondary N) is 1. The van der Waals surface area contributed by atoms with Gasteiger partial charge in [0.2, 0.25) is 0 Å². The number of aryl methyl sites for hydroxylation is 2. The molecule has 0 saturated carbocycles. The molecule has 0 unspecified atom stereocenters. The Kier molecular flexibility index (Phi) is 3.38. The minimum Gasteiger partial charge on any atom is -0.335 e. The standard InChI is InChI=1S/C14H21N5/c1-11-13(7-16-17-11)10-18(2)8-12-3-4-14-15-5-6-19(14)9-12/h5-7,12H,3-4,8-10H2,1-2H3,(H,16,17)/t12-/m0/s1. The second kappa shape index (κ2) is 5.17. The summed E-state index contributed by atoms with van der Waals surface area (Å²) in [5.41, 5.74) is 2.47. The molecule has 5 heteroatoms. The van der Waals surface area contributed by atoms with Crippen LogP contribution < -0.4 is 0 Å². The van der Waals surface area contributed by atoms with Gasteiger partial charge in [0.25, 0.3) is 0 Å². The van der Waals surface area contributed by atoms with Crippen LogP contribution in [-0.2, 0) is 19.5 Å². The van der Waals surface area contributed by atoms with Gasteiger partial charge in [0, 0.05) is 49.7 Å². The summed E-state index contributed by atoms with van der Waals surface area (Å²) in [7, 11) is 2.19. The van der Waals surface area contributed by atoms with Crippen LogP contribution in [0.5, 0.6) is 0 Å². The molecule has 0 aromatic carbocycles. The molecule has 1 N–H and O–H groups in total. The first-order valence-corrected chi connectivity index (χ1v) is 6.90. The van der Waals surface area contributed by atoms with E-state index in [-0.39, 0.29) is 0 Å². The van der Waals surface area contributed by atoms with Gasteiger partial charge in [-0.2, -0.15) is 5.10 Å². The monoisotopic (exact) mass is 259 g/mol. The zero-order valence-corrected chi connectivity index (χ0v) is 11.6. The molecule has 0 spiro atoms. The van der Waals surface area contributed by atoms with Crippen molar-refractivity contribution in [2.75, 3.05) is 13.6 Å². The predicted octanol–water partition coefficient (Wildman–Crippen LogP) is 1.61. The highest BCUT2D eigenvalue weighted by Crippen LogP contribution is 2.20. The van der Waals surface area contributed by atoms with E-state index in [9.17, 15) is 0 Å². The summed E-state index contributed by atoms with van der Waals surface area (Å²) in [5, 5.41) is 7.08. The van der Waals surface area contributed by atoms with Gasteiger partial charge in [-0.05, 0) is 26.3 Å². The van der Waals surface area contributed by atoms with Crippen LogP contribution in [0.2, 0.25) is 0 Å². The summed E-state index contributed by atoms with van der Waals surface area (Å²) in [6.45, 7) is 5.27. The number of imidazole rings is 1. The van der Waals surface area contributed by atoms with Gasteiger partial charge in [-0.25, -0.2) is 4.98 Å². The second-order valence-electron chi connectivity index (χ2n) is 5.62. The molecule has 2 aromatic heterocycles. The topological polar surface area (TPSA) is 49.7 Å². The Morgan fingerprint density at radius 2 is 2.42 bits per heavy atom. The van der Waals surface area contributed by atoms with Crippen LogP contribution in [0.1, 0.15) is 23.5 Å². The number of aromatic nitrogens is 4. The van der Waals surface area contributed by atoms with Gasteiger partial charge >= 0.3 is 0 Å². The zero-order valence-electron chi connectivity index (χ0n) is 11.6. The predicted molar refractivity (Wildman–Crippen MR) is 73.7 cm³/mol. The lowest BCUT2D eigenvalue weighted by molar-refractivity contribution is 0.229. The lowest BCUT2D eigenvalue weighted by Gasteiger charge is -2.28. The number of hydrogen-bond donors (Lipinski definition) is 1. The molecular formula is C14H21N5. The highest BCUT2D eigenvalue weighted by atomic mass is 15.1. The zero-order chi connectivity index (χ0) is 13.2. The summed E-state index contributed by atoms with van der Waals surface area (Å²) in [6, 6.07) is 0. The van der Waals surface area contributed by atoms with E-state index < -0.39 is 0 Å². The van der Waals surface area contributed by atoms with Gasteiger partial charge in [-0.3, -0.25) is 5.10 Å². The molecule has 0 amide bonds. The van der Waals surface area contributed by atoms with Crippen molar-refractivity contribution < 1.29 is 0 Å². The van der Waals surface area contributed by atoms with E-state index in [0.29, 0.717) is 0 Å². The Bertz CT molecular complexity index is 542. The van der Waals surface area contributed by atoms with Gasteiger partial charge in [-0.1, -0.05) is 0 Å². The number of nitrogens with zero attached hydrogens (tertiary/aromatic N) is 4. The van der Waals surface area contributed by atoms with E-state index in [2.05, 4.69) is 44.8 Å². The fourth-order valence-electron chi connectivity index (χ4n) is 2.92. The molecule has 5 nitrogen and oxygen atoms in total. The number of fused-ring (bicyclic) bond motifs is 1. The summed E-state index contributed by atoms with van der Waals surface area (Å²) >= 11 is 0. The van der Waals surface area contributed by atoms with Crippen molar-refractivity contribution in [3.8, 4) is 0 Å². The number of hydrogen-bond acceptors (Lipinski definition) is 3. The summed E-state index contributed by atoms with van der Waals surface area (Å²) in [4.78, 5) is 6.77. The maximum atomic E-state index is 4.38. The minimum absolute atomic E-state index is 0.721. The Balaban J connectivity index is 1.56. The summed E-state index contributed by atoms with van der Waals surface area (Å²) in [6.07, 6.45) is 8.29. The fraction of sp³-hybridized carbons (Fsp3) is 0.571. The summed E-state index contributed by atoms with van der Waals surface area (Å²) < 4.78 is 2.30. The number of rotatable bonds is 4. The van der Waals surface area contributed by atoms with Gasteiger partial charge in [0.1, 0.15) is 5.82 Å². The van der Waals surface area contributed by atoms with Gasteiger partial charge < -0.3 is 9.47 Å². The molecule has 0 fully saturated rings. The Morgan fingerprint density at radius 3 is 3.21 bits per heavy atom. The van der Waals surface area contributed by atoms with Crippen molar-refractivity contribution in [3.05, 3.63) is 35.7 Å². The molecule has 2 aromatic rings. The molecule has 0 radical (unpaired) electrons. The van der Waals surface area contributed by atoms with Crippen LogP contribution in [0.4, 0.5) is 0 Å². The summed E-state index contributed by atoms with van der Waals surface area (Å²) in [5.74, 6) is 1.96. The molecule has 0 aliphatic carbocycles. The molecule has 1 aliphatic heterocycles. The SMILES string of the molecule is Cc1[nH]ncc1CN(C)C[C@@H]1CCc2nccn2C1. The molecule has 0 bridgehead atoms. The Labute approximate surface area is 113 Å². The van der Waals surface area contributed by atoms with Gasteiger partial charge in [0.15, 0.2) is 0 Å². The van der Waals surface area contributed by atoms with Crippen molar-refractivity contribution in [2.45, 2.75) is 32.9 Å². The van der Waals surface area contributed by atoms with Crippen molar-refractivity contribution in [1.82, 2.24) is 24.6 Å². The molecule has 3 rings (SSSR count). The third-order valence-corrected chi connectivity index (χ3v) is 3.98. The van der Waals surface area contributed by atoms with E-state index in [4.69, 9.17) is 0 Å². The van der Waals surface area contributed by atoms with Crippen molar-refractivity contribution in [1.29, 1.82) is 0 Å². The van der Waals surface area contributed by atoms with E-state index in [1.165, 1.54) is 23.5 Å². The van der Waals surface area contributed by atoms with Gasteiger partial charge in [-0.15, -0.1) is 0 Å². The lowest BCUT2D eigenvalue weighted by Crippen LogP contribution is -2.31. The number of aromatic amines is 1. The van der Waals surface area contributed by atoms with E-state index in [1.807, 2.05) is 12.4 Å². The molecule has 3 heterocycles. The smallest absolute Gasteiger partial charge is 0.108 e. The highest BCUT2D eigenvalue weighted by Gasteiger charge is 2.20.